The van der Waals surface area contributed by atoms with E-state index in [-0.39, 0.29) is 41.0 Å². The first kappa shape index (κ1) is 20.9. The van der Waals surface area contributed by atoms with Crippen LogP contribution in [0.5, 0.6) is 0 Å². The molecule has 0 radical (unpaired) electrons. The lowest BCUT2D eigenvalue weighted by Crippen LogP contribution is -2.29. The van der Waals surface area contributed by atoms with Crippen LogP contribution in [-0.4, -0.2) is 34.3 Å². The third-order valence-corrected chi connectivity index (χ3v) is 5.27. The van der Waals surface area contributed by atoms with Crippen LogP contribution >= 0.6 is 28.3 Å². The molecule has 29 heavy (non-hydrogen) atoms. The number of hydrogen-bond acceptors (Lipinski definition) is 6. The molecule has 0 saturated carbocycles. The van der Waals surface area contributed by atoms with Crippen molar-refractivity contribution >= 4 is 46.1 Å². The first-order chi connectivity index (χ1) is 13.6. The molecule has 4 rings (SSSR count). The minimum absolute atomic E-state index is 0. The fourth-order valence-corrected chi connectivity index (χ4v) is 3.86. The number of ether oxygens (including phenoxy) is 1. The van der Waals surface area contributed by atoms with Gasteiger partial charge < -0.3 is 4.74 Å². The Morgan fingerprint density at radius 3 is 2.41 bits per heavy atom. The highest BCUT2D eigenvalue weighted by Gasteiger charge is 2.34. The lowest BCUT2D eigenvalue weighted by Gasteiger charge is -2.14. The molecule has 148 valence electrons. The van der Waals surface area contributed by atoms with E-state index in [1.165, 1.54) is 16.2 Å². The van der Waals surface area contributed by atoms with E-state index in [0.717, 1.165) is 11.1 Å². The summed E-state index contributed by atoms with van der Waals surface area (Å²) in [6.07, 6.45) is 0. The molecule has 0 bridgehead atoms. The predicted molar refractivity (Wildman–Crippen MR) is 114 cm³/mol. The number of aromatic nitrogens is 1. The Morgan fingerprint density at radius 1 is 1.07 bits per heavy atom. The monoisotopic (exact) mass is 472 g/mol. The highest BCUT2D eigenvalue weighted by atomic mass is 79.9. The third kappa shape index (κ3) is 3.99. The van der Waals surface area contributed by atoms with E-state index in [4.69, 9.17) is 4.74 Å². The second kappa shape index (κ2) is 8.67. The summed E-state index contributed by atoms with van der Waals surface area (Å²) < 4.78 is 4.97. The fraction of sp³-hybridized carbons (Fsp3) is 0.143. The Hall–Kier alpha value is -2.84. The lowest BCUT2D eigenvalue weighted by molar-refractivity contribution is 0.0519. The second-order valence-corrected chi connectivity index (χ2v) is 7.06. The van der Waals surface area contributed by atoms with E-state index in [2.05, 4.69) is 4.98 Å². The van der Waals surface area contributed by atoms with Crippen LogP contribution in [0.3, 0.4) is 0 Å². The van der Waals surface area contributed by atoms with Crippen molar-refractivity contribution in [3.63, 3.8) is 0 Å². The zero-order valence-electron chi connectivity index (χ0n) is 15.5. The number of carbonyl (C=O) groups is 3. The summed E-state index contributed by atoms with van der Waals surface area (Å²) in [6.45, 7) is 2.21. The fourth-order valence-electron chi connectivity index (χ4n) is 3.07. The minimum Gasteiger partial charge on any atom is -0.461 e. The molecule has 2 aromatic carbocycles. The molecule has 8 heteroatoms. The first-order valence-electron chi connectivity index (χ1n) is 8.75. The number of rotatable bonds is 5. The average molecular weight is 473 g/mol. The smallest absolute Gasteiger partial charge is 0.357 e. The van der Waals surface area contributed by atoms with Crippen molar-refractivity contribution < 1.29 is 19.1 Å². The van der Waals surface area contributed by atoms with E-state index in [9.17, 15) is 14.4 Å². The van der Waals surface area contributed by atoms with Gasteiger partial charge in [-0.05, 0) is 30.7 Å². The number of benzene rings is 2. The molecule has 0 unspecified atom stereocenters. The topological polar surface area (TPSA) is 76.6 Å². The van der Waals surface area contributed by atoms with E-state index in [0.29, 0.717) is 22.7 Å². The average Bonchev–Trinajstić information content (AvgIpc) is 3.29. The summed E-state index contributed by atoms with van der Waals surface area (Å²) in [5.74, 6) is -1.03. The van der Waals surface area contributed by atoms with E-state index < -0.39 is 5.97 Å². The van der Waals surface area contributed by atoms with Crippen LogP contribution in [0.1, 0.15) is 43.7 Å². The summed E-state index contributed by atoms with van der Waals surface area (Å²) in [6, 6.07) is 14.3. The maximum atomic E-state index is 12.5. The number of amides is 2. The van der Waals surface area contributed by atoms with E-state index in [1.807, 2.05) is 24.3 Å². The number of imide groups is 1. The van der Waals surface area contributed by atoms with Crippen molar-refractivity contribution in [1.82, 2.24) is 9.88 Å². The zero-order valence-corrected chi connectivity index (χ0v) is 18.0. The molecule has 1 aliphatic heterocycles. The first-order valence-corrected chi connectivity index (χ1v) is 9.63. The molecule has 3 aromatic rings. The van der Waals surface area contributed by atoms with Gasteiger partial charge in [0.15, 0.2) is 5.69 Å². The van der Waals surface area contributed by atoms with Gasteiger partial charge in [0.05, 0.1) is 24.3 Å². The summed E-state index contributed by atoms with van der Waals surface area (Å²) in [7, 11) is 0. The molecule has 0 aliphatic carbocycles. The van der Waals surface area contributed by atoms with Crippen LogP contribution in [0, 0.1) is 0 Å². The van der Waals surface area contributed by atoms with Crippen LogP contribution in [0.4, 0.5) is 0 Å². The van der Waals surface area contributed by atoms with Crippen LogP contribution in [0.2, 0.25) is 0 Å². The lowest BCUT2D eigenvalue weighted by atomic mass is 10.1. The number of hydrogen-bond donors (Lipinski definition) is 0. The van der Waals surface area contributed by atoms with Crippen LogP contribution in [-0.2, 0) is 11.3 Å². The van der Waals surface area contributed by atoms with Gasteiger partial charge in [0.25, 0.3) is 11.8 Å². The number of fused-ring (bicyclic) bond motifs is 1. The number of halogens is 1. The Bertz CT molecular complexity index is 1060. The predicted octanol–water partition coefficient (Wildman–Crippen LogP) is 4.36. The largest absolute Gasteiger partial charge is 0.461 e. The van der Waals surface area contributed by atoms with Crippen molar-refractivity contribution in [2.75, 3.05) is 6.61 Å². The van der Waals surface area contributed by atoms with E-state index in [1.54, 1.807) is 36.6 Å². The van der Waals surface area contributed by atoms with Crippen LogP contribution in [0.25, 0.3) is 10.6 Å². The number of thiazole rings is 1. The SMILES string of the molecule is Br.CCOC(=O)c1csc(-c2cccc(CN3C(=O)c4ccccc4C3=O)c2)n1. The van der Waals surface area contributed by atoms with Gasteiger partial charge in [-0.1, -0.05) is 30.3 Å². The van der Waals surface area contributed by atoms with Crippen molar-refractivity contribution in [3.8, 4) is 10.6 Å². The van der Waals surface area contributed by atoms with E-state index >= 15 is 0 Å². The Balaban J connectivity index is 0.00000240. The van der Waals surface area contributed by atoms with Gasteiger partial charge in [-0.25, -0.2) is 9.78 Å². The summed E-state index contributed by atoms with van der Waals surface area (Å²) in [5, 5.41) is 2.33. The maximum Gasteiger partial charge on any atom is 0.357 e. The molecule has 0 fully saturated rings. The van der Waals surface area contributed by atoms with Crippen molar-refractivity contribution in [2.45, 2.75) is 13.5 Å². The molecule has 2 heterocycles. The summed E-state index contributed by atoms with van der Waals surface area (Å²) >= 11 is 1.34. The minimum atomic E-state index is -0.452. The van der Waals surface area contributed by atoms with Crippen molar-refractivity contribution in [3.05, 3.63) is 76.3 Å². The summed E-state index contributed by atoms with van der Waals surface area (Å²) in [4.78, 5) is 42.5. The molecule has 1 aromatic heterocycles. The molecule has 0 spiro atoms. The normalized spacial score (nSPS) is 12.5. The molecule has 0 N–H and O–H groups in total. The molecule has 1 aliphatic rings. The molecule has 0 atom stereocenters. The number of esters is 1. The molecule has 6 nitrogen and oxygen atoms in total. The van der Waals surface area contributed by atoms with Gasteiger partial charge in [0, 0.05) is 10.9 Å². The quantitative estimate of drug-likeness (QED) is 0.407. The highest BCUT2D eigenvalue weighted by molar-refractivity contribution is 8.93. The standard InChI is InChI=1S/C21H16N2O4S.BrH/c1-2-27-21(26)17-12-28-18(22-17)14-7-5-6-13(10-14)11-23-19(24)15-8-3-4-9-16(15)20(23)25;/h3-10,12H,2,11H2,1H3;1H. The van der Waals surface area contributed by atoms with Gasteiger partial charge in [0.2, 0.25) is 0 Å². The Labute approximate surface area is 181 Å². The molecule has 2 amide bonds. The third-order valence-electron chi connectivity index (χ3n) is 4.38. The van der Waals surface area contributed by atoms with Crippen LogP contribution < -0.4 is 0 Å². The number of carbonyl (C=O) groups excluding carboxylic acids is 3. The Morgan fingerprint density at radius 2 is 1.76 bits per heavy atom. The van der Waals surface area contributed by atoms with Gasteiger partial charge >= 0.3 is 5.97 Å². The maximum absolute atomic E-state index is 12.5. The highest BCUT2D eigenvalue weighted by Crippen LogP contribution is 2.28. The van der Waals surface area contributed by atoms with Gasteiger partial charge in [-0.15, -0.1) is 28.3 Å². The Kier molecular flexibility index (Phi) is 6.24. The molecular weight excluding hydrogens is 456 g/mol. The van der Waals surface area contributed by atoms with Crippen molar-refractivity contribution in [2.24, 2.45) is 0 Å². The molecular formula is C21H17BrN2O4S. The van der Waals surface area contributed by atoms with Gasteiger partial charge in [-0.2, -0.15) is 0 Å². The number of nitrogens with zero attached hydrogens (tertiary/aromatic N) is 2. The summed E-state index contributed by atoms with van der Waals surface area (Å²) in [5.41, 5.74) is 2.76. The molecule has 0 saturated heterocycles. The second-order valence-electron chi connectivity index (χ2n) is 6.20. The van der Waals surface area contributed by atoms with Crippen molar-refractivity contribution in [1.29, 1.82) is 0 Å². The van der Waals surface area contributed by atoms with Gasteiger partial charge in [-0.3, -0.25) is 14.5 Å². The van der Waals surface area contributed by atoms with Crippen LogP contribution in [0.15, 0.2) is 53.9 Å². The van der Waals surface area contributed by atoms with Gasteiger partial charge in [0.1, 0.15) is 5.01 Å². The zero-order chi connectivity index (χ0) is 19.7.